The van der Waals surface area contributed by atoms with Crippen LogP contribution in [0.4, 0.5) is 22.7 Å². The van der Waals surface area contributed by atoms with Crippen molar-refractivity contribution in [1.29, 1.82) is 0 Å². The van der Waals surface area contributed by atoms with E-state index in [9.17, 15) is 21.9 Å². The van der Waals surface area contributed by atoms with Crippen molar-refractivity contribution < 1.29 is 21.9 Å². The Balaban J connectivity index is 0.837. The number of sulfonamides is 1. The van der Waals surface area contributed by atoms with E-state index in [4.69, 9.17) is 11.6 Å². The fourth-order valence-corrected chi connectivity index (χ4v) is 13.2. The number of aliphatic hydroxyl groups is 1. The van der Waals surface area contributed by atoms with Crippen LogP contribution in [0.5, 0.6) is 0 Å². The second-order valence-electron chi connectivity index (χ2n) is 18.0. The quantitative estimate of drug-likeness (QED) is 0.0808. The van der Waals surface area contributed by atoms with Crippen LogP contribution >= 0.6 is 23.4 Å². The number of aromatic nitrogens is 1. The van der Waals surface area contributed by atoms with Gasteiger partial charge in [0.05, 0.1) is 21.6 Å². The maximum atomic E-state index is 13.7. The summed E-state index contributed by atoms with van der Waals surface area (Å²) in [7, 11) is -7.40. The first-order valence-corrected chi connectivity index (χ1v) is 27.9. The van der Waals surface area contributed by atoms with E-state index >= 15 is 0 Å². The maximum Gasteiger partial charge on any atom is 0.261 e. The van der Waals surface area contributed by atoms with E-state index in [1.54, 1.807) is 12.1 Å². The molecule has 0 aliphatic carbocycles. The van der Waals surface area contributed by atoms with Crippen LogP contribution < -0.4 is 19.8 Å². The molecule has 9 rings (SSSR count). The van der Waals surface area contributed by atoms with Crippen molar-refractivity contribution in [3.63, 3.8) is 0 Å². The molecule has 1 atom stereocenters. The van der Waals surface area contributed by atoms with Crippen molar-refractivity contribution in [2.24, 2.45) is 0 Å². The summed E-state index contributed by atoms with van der Waals surface area (Å²) in [4.78, 5) is 8.90. The van der Waals surface area contributed by atoms with Crippen molar-refractivity contribution >= 4 is 66.0 Å². The molecule has 0 unspecified atom stereocenters. The number of likely N-dealkylation sites (tertiary alicyclic amines) is 1. The molecule has 0 spiro atoms. The molecule has 3 aliphatic heterocycles. The molecule has 5 aromatic carbocycles. The third-order valence-corrected chi connectivity index (χ3v) is 17.3. The topological polar surface area (TPSA) is 127 Å². The first-order chi connectivity index (χ1) is 32.3. The van der Waals surface area contributed by atoms with Crippen molar-refractivity contribution in [1.82, 2.24) is 9.47 Å². The van der Waals surface area contributed by atoms with Gasteiger partial charge in [0.1, 0.15) is 0 Å². The summed E-state index contributed by atoms with van der Waals surface area (Å²) in [6.45, 7) is 8.47. The van der Waals surface area contributed by atoms with E-state index in [0.717, 1.165) is 134 Å². The Hall–Kier alpha value is -4.96. The smallest absolute Gasteiger partial charge is 0.261 e. The van der Waals surface area contributed by atoms with Gasteiger partial charge >= 0.3 is 0 Å². The van der Waals surface area contributed by atoms with Gasteiger partial charge in [0.25, 0.3) is 10.0 Å². The number of aliphatic hydroxyl groups excluding tert-OH is 1. The van der Waals surface area contributed by atoms with E-state index in [-0.39, 0.29) is 17.0 Å². The zero-order valence-corrected chi connectivity index (χ0v) is 41.3. The average Bonchev–Trinajstić information content (AvgIpc) is 3.93. The Morgan fingerprint density at radius 3 is 2.15 bits per heavy atom. The lowest BCUT2D eigenvalue weighted by Gasteiger charge is -2.37. The first-order valence-electron chi connectivity index (χ1n) is 23.2. The van der Waals surface area contributed by atoms with Crippen LogP contribution in [-0.2, 0) is 32.8 Å². The monoisotopic (exact) mass is 978 g/mol. The fourth-order valence-electron chi connectivity index (χ4n) is 9.73. The molecule has 1 aromatic heterocycles. The predicted octanol–water partition coefficient (Wildman–Crippen LogP) is 9.68. The van der Waals surface area contributed by atoms with Crippen LogP contribution in [0.15, 0.2) is 136 Å². The fraction of sp³-hybridized carbons (Fsp3) is 0.346. The highest BCUT2D eigenvalue weighted by Gasteiger charge is 2.33. The van der Waals surface area contributed by atoms with Crippen LogP contribution in [0.25, 0.3) is 22.4 Å². The lowest BCUT2D eigenvalue weighted by Crippen LogP contribution is -2.46. The summed E-state index contributed by atoms with van der Waals surface area (Å²) in [5.41, 5.74) is 8.65. The highest BCUT2D eigenvalue weighted by atomic mass is 35.5. The summed E-state index contributed by atoms with van der Waals surface area (Å²) < 4.78 is 59.3. The predicted molar refractivity (Wildman–Crippen MR) is 275 cm³/mol. The minimum Gasteiger partial charge on any atom is -0.393 e. The molecule has 0 saturated carbocycles. The van der Waals surface area contributed by atoms with Crippen LogP contribution in [0.3, 0.4) is 0 Å². The summed E-state index contributed by atoms with van der Waals surface area (Å²) >= 11 is 8.09. The van der Waals surface area contributed by atoms with Gasteiger partial charge in [0.15, 0.2) is 9.84 Å². The summed E-state index contributed by atoms with van der Waals surface area (Å²) in [6, 6.07) is 39.2. The van der Waals surface area contributed by atoms with Gasteiger partial charge in [0, 0.05) is 114 Å². The Kier molecular flexibility index (Phi) is 14.3. The van der Waals surface area contributed by atoms with E-state index in [0.29, 0.717) is 22.0 Å². The molecule has 6 aromatic rings. The van der Waals surface area contributed by atoms with Crippen molar-refractivity contribution in [2.75, 3.05) is 77.7 Å². The number of hydrogen-bond acceptors (Lipinski definition) is 10. The van der Waals surface area contributed by atoms with Gasteiger partial charge in [-0.15, -0.1) is 11.8 Å². The second kappa shape index (κ2) is 20.3. The molecule has 0 amide bonds. The third kappa shape index (κ3) is 11.0. The maximum absolute atomic E-state index is 13.7. The number of anilines is 4. The van der Waals surface area contributed by atoms with Gasteiger partial charge in [-0.1, -0.05) is 54.1 Å². The van der Waals surface area contributed by atoms with Crippen LogP contribution in [-0.4, -0.2) is 101 Å². The number of thioether (sulfide) groups is 1. The largest absolute Gasteiger partial charge is 0.393 e. The number of piperidine rings is 1. The molecular weight excluding hydrogens is 920 g/mol. The molecule has 11 nitrogen and oxygen atoms in total. The van der Waals surface area contributed by atoms with Crippen molar-refractivity contribution in [2.45, 2.75) is 72.4 Å². The van der Waals surface area contributed by atoms with Crippen LogP contribution in [0, 0.1) is 6.92 Å². The average molecular weight is 980 g/mol. The number of hydrogen-bond donors (Lipinski definition) is 3. The summed E-state index contributed by atoms with van der Waals surface area (Å²) in [5, 5.41) is 14.3. The number of benzene rings is 5. The van der Waals surface area contributed by atoms with Crippen LogP contribution in [0.1, 0.15) is 36.9 Å². The molecule has 0 bridgehead atoms. The number of fused-ring (bicyclic) bond motifs is 1. The molecule has 0 radical (unpaired) electrons. The molecule has 4 heterocycles. The SMILES string of the molecule is Cc1cc(S(=O)(=O)Nc2ccc(N3CCN(c4cccc(-c5c(S(C)(=O)=O)c6n(c5-c5ccc(Cl)cc5)CCC6)c4)CC3)cc2)ccc1N[C@H](CCN1CCC(O)CC1)CSc1ccccc1. The first kappa shape index (κ1) is 47.1. The minimum absolute atomic E-state index is 0.159. The minimum atomic E-state index is -3.86. The van der Waals surface area contributed by atoms with Gasteiger partial charge in [-0.3, -0.25) is 4.72 Å². The number of halogens is 1. The number of sulfone groups is 1. The van der Waals surface area contributed by atoms with Gasteiger partial charge < -0.3 is 29.7 Å². The number of nitrogens with one attached hydrogen (secondary N) is 2. The molecule has 67 heavy (non-hydrogen) atoms. The zero-order valence-electron chi connectivity index (χ0n) is 38.1. The second-order valence-corrected chi connectivity index (χ2v) is 23.2. The molecule has 352 valence electrons. The lowest BCUT2D eigenvalue weighted by molar-refractivity contribution is 0.0817. The van der Waals surface area contributed by atoms with Crippen molar-refractivity contribution in [3.8, 4) is 22.4 Å². The number of piperazine rings is 1. The molecule has 15 heteroatoms. The molecular formula is C52H59ClN6O5S3. The van der Waals surface area contributed by atoms with E-state index in [1.165, 1.54) is 11.2 Å². The Morgan fingerprint density at radius 2 is 1.46 bits per heavy atom. The van der Waals surface area contributed by atoms with Gasteiger partial charge in [0.2, 0.25) is 0 Å². The van der Waals surface area contributed by atoms with Gasteiger partial charge in [-0.2, -0.15) is 0 Å². The normalized spacial score (nSPS) is 16.5. The lowest BCUT2D eigenvalue weighted by atomic mass is 9.99. The third-order valence-electron chi connectivity index (χ3n) is 13.3. The van der Waals surface area contributed by atoms with E-state index in [1.807, 2.05) is 91.5 Å². The highest BCUT2D eigenvalue weighted by Crippen LogP contribution is 2.45. The van der Waals surface area contributed by atoms with E-state index in [2.05, 4.69) is 65.7 Å². The Bertz CT molecular complexity index is 2900. The number of aryl methyl sites for hydroxylation is 1. The molecule has 3 N–H and O–H groups in total. The summed E-state index contributed by atoms with van der Waals surface area (Å²) in [6.07, 6.45) is 5.27. The molecule has 2 fully saturated rings. The Morgan fingerprint density at radius 1 is 0.761 bits per heavy atom. The van der Waals surface area contributed by atoms with E-state index < -0.39 is 19.9 Å². The van der Waals surface area contributed by atoms with Crippen LogP contribution in [0.2, 0.25) is 5.02 Å². The summed E-state index contributed by atoms with van der Waals surface area (Å²) in [5.74, 6) is 0.861. The number of nitrogens with zero attached hydrogens (tertiary/aromatic N) is 4. The molecule has 2 saturated heterocycles. The standard InChI is InChI=1S/C52H59ClN6O5S3/c1-37-34-47(21-22-48(37)54-42(36-65-46-10-4-3-5-11-46)23-27-56-28-24-45(60)25-29-56)67(63,64)55-41-17-19-43(20-18-41)57-30-32-58(33-31-57)44-9-6-8-39(35-44)50-51(38-13-15-40(53)16-14-38)59-26-7-12-49(59)52(50)66(2,61)62/h3-6,8-11,13-22,34-35,42,45,54-55,60H,7,12,23-33,36H2,1-2H3/t42-/m1/s1. The van der Waals surface area contributed by atoms with Crippen molar-refractivity contribution in [3.05, 3.63) is 138 Å². The van der Waals surface area contributed by atoms with Gasteiger partial charge in [-0.05, 0) is 135 Å². The van der Waals surface area contributed by atoms with Gasteiger partial charge in [-0.25, -0.2) is 16.8 Å². The Labute approximate surface area is 405 Å². The number of rotatable bonds is 16. The molecule has 3 aliphatic rings. The zero-order chi connectivity index (χ0) is 46.7. The highest BCUT2D eigenvalue weighted by molar-refractivity contribution is 7.99.